The molecule has 88 valence electrons. The molecule has 0 bridgehead atoms. The van der Waals surface area contributed by atoms with E-state index < -0.39 is 0 Å². The molecule has 0 aromatic rings. The molecule has 16 heavy (non-hydrogen) atoms. The van der Waals surface area contributed by atoms with Crippen LogP contribution in [-0.4, -0.2) is 5.78 Å². The van der Waals surface area contributed by atoms with Crippen LogP contribution in [0.25, 0.3) is 0 Å². The third-order valence-electron chi connectivity index (χ3n) is 4.87. The molecule has 0 N–H and O–H groups in total. The van der Waals surface area contributed by atoms with Gasteiger partial charge in [-0.2, -0.15) is 0 Å². The Morgan fingerprint density at radius 3 is 2.81 bits per heavy atom. The lowest BCUT2D eigenvalue weighted by molar-refractivity contribution is -0.122. The normalized spacial score (nSPS) is 37.8. The maximum Gasteiger partial charge on any atom is 0.161 e. The van der Waals surface area contributed by atoms with E-state index in [9.17, 15) is 4.79 Å². The molecule has 3 atom stereocenters. The van der Waals surface area contributed by atoms with E-state index in [2.05, 4.69) is 26.5 Å². The van der Waals surface area contributed by atoms with Gasteiger partial charge in [0, 0.05) is 11.3 Å². The Kier molecular flexibility index (Phi) is 2.81. The third-order valence-corrected chi connectivity index (χ3v) is 4.87. The molecule has 2 aliphatic rings. The molecular weight excluding hydrogens is 196 g/mol. The van der Waals surface area contributed by atoms with Gasteiger partial charge in [0.15, 0.2) is 5.78 Å². The predicted molar refractivity (Wildman–Crippen MR) is 67.1 cm³/mol. The molecule has 1 nitrogen and oxygen atoms in total. The van der Waals surface area contributed by atoms with E-state index in [1.165, 1.54) is 18.4 Å². The van der Waals surface area contributed by atoms with E-state index in [1.807, 2.05) is 6.92 Å². The number of carbonyl (C=O) groups is 1. The van der Waals surface area contributed by atoms with E-state index >= 15 is 0 Å². The van der Waals surface area contributed by atoms with Crippen molar-refractivity contribution in [3.05, 3.63) is 23.8 Å². The minimum absolute atomic E-state index is 0.119. The van der Waals surface area contributed by atoms with Crippen LogP contribution in [0.1, 0.15) is 46.5 Å². The fourth-order valence-corrected chi connectivity index (χ4v) is 3.58. The van der Waals surface area contributed by atoms with Crippen molar-refractivity contribution in [2.24, 2.45) is 17.3 Å². The number of rotatable bonds is 2. The molecule has 1 heteroatoms. The first-order chi connectivity index (χ1) is 7.48. The lowest BCUT2D eigenvalue weighted by Crippen LogP contribution is -2.37. The van der Waals surface area contributed by atoms with Gasteiger partial charge < -0.3 is 0 Å². The number of ketones is 1. The van der Waals surface area contributed by atoms with Crippen LogP contribution in [0.3, 0.4) is 0 Å². The number of allylic oxidation sites excluding steroid dienone is 3. The van der Waals surface area contributed by atoms with Crippen molar-refractivity contribution in [1.82, 2.24) is 0 Å². The molecule has 0 saturated heterocycles. The Bertz CT molecular complexity index is 364. The van der Waals surface area contributed by atoms with Gasteiger partial charge in [0.25, 0.3) is 0 Å². The summed E-state index contributed by atoms with van der Waals surface area (Å²) < 4.78 is 0. The van der Waals surface area contributed by atoms with E-state index in [0.717, 1.165) is 18.4 Å². The average molecular weight is 218 g/mol. The zero-order valence-corrected chi connectivity index (χ0v) is 10.7. The average Bonchev–Trinajstić information content (AvgIpc) is 2.57. The van der Waals surface area contributed by atoms with Crippen molar-refractivity contribution in [2.45, 2.75) is 46.5 Å². The Hall–Kier alpha value is -0.850. The Morgan fingerprint density at radius 2 is 2.19 bits per heavy atom. The van der Waals surface area contributed by atoms with E-state index in [1.54, 1.807) is 0 Å². The first-order valence-electron chi connectivity index (χ1n) is 6.37. The minimum Gasteiger partial charge on any atom is -0.294 e. The van der Waals surface area contributed by atoms with Gasteiger partial charge in [-0.15, -0.1) is 0 Å². The molecule has 1 saturated carbocycles. The minimum atomic E-state index is 0.119. The highest BCUT2D eigenvalue weighted by molar-refractivity contribution is 5.97. The smallest absolute Gasteiger partial charge is 0.161 e. The highest BCUT2D eigenvalue weighted by Crippen LogP contribution is 2.56. The standard InChI is InChI=1S/C15H22O/c1-10(2)14(16)13-9-8-12-7-5-6-11(3)15(12,13)4/h7,11,13H,1,5-6,8-9H2,2-4H3/t11-,13+,15+/m1/s1. The first-order valence-corrected chi connectivity index (χ1v) is 6.37. The summed E-state index contributed by atoms with van der Waals surface area (Å²) in [5.41, 5.74) is 2.38. The van der Waals surface area contributed by atoms with Crippen molar-refractivity contribution in [2.75, 3.05) is 0 Å². The molecule has 0 unspecified atom stereocenters. The van der Waals surface area contributed by atoms with Crippen molar-refractivity contribution >= 4 is 5.78 Å². The fraction of sp³-hybridized carbons (Fsp3) is 0.667. The van der Waals surface area contributed by atoms with Crippen LogP contribution in [-0.2, 0) is 4.79 Å². The maximum atomic E-state index is 12.2. The lowest BCUT2D eigenvalue weighted by Gasteiger charge is -2.41. The highest BCUT2D eigenvalue weighted by atomic mass is 16.1. The van der Waals surface area contributed by atoms with Crippen LogP contribution in [0.4, 0.5) is 0 Å². The quantitative estimate of drug-likeness (QED) is 0.507. The van der Waals surface area contributed by atoms with Gasteiger partial charge in [0.1, 0.15) is 0 Å². The highest BCUT2D eigenvalue weighted by Gasteiger charge is 2.50. The number of Topliss-reactive ketones (excluding diaryl/α,β-unsaturated/α-hetero) is 1. The molecule has 0 aromatic carbocycles. The molecule has 0 radical (unpaired) electrons. The predicted octanol–water partition coefficient (Wildman–Crippen LogP) is 3.90. The second kappa shape index (κ2) is 3.87. The summed E-state index contributed by atoms with van der Waals surface area (Å²) in [4.78, 5) is 12.2. The maximum absolute atomic E-state index is 12.2. The van der Waals surface area contributed by atoms with Gasteiger partial charge in [-0.05, 0) is 44.1 Å². The monoisotopic (exact) mass is 218 g/mol. The van der Waals surface area contributed by atoms with Crippen LogP contribution < -0.4 is 0 Å². The van der Waals surface area contributed by atoms with Crippen LogP contribution in [0.2, 0.25) is 0 Å². The molecule has 1 fully saturated rings. The Balaban J connectivity index is 2.37. The summed E-state index contributed by atoms with van der Waals surface area (Å²) in [6.45, 7) is 10.3. The van der Waals surface area contributed by atoms with E-state index in [4.69, 9.17) is 0 Å². The molecule has 0 spiro atoms. The van der Waals surface area contributed by atoms with Crippen molar-refractivity contribution in [3.8, 4) is 0 Å². The molecule has 0 heterocycles. The molecule has 2 rings (SSSR count). The lowest BCUT2D eigenvalue weighted by atomic mass is 9.62. The zero-order valence-electron chi connectivity index (χ0n) is 10.7. The number of hydrogen-bond acceptors (Lipinski definition) is 1. The summed E-state index contributed by atoms with van der Waals surface area (Å²) in [7, 11) is 0. The second-order valence-corrected chi connectivity index (χ2v) is 5.73. The van der Waals surface area contributed by atoms with Gasteiger partial charge in [0.2, 0.25) is 0 Å². The molecular formula is C15H22O. The molecule has 2 aliphatic carbocycles. The summed E-state index contributed by atoms with van der Waals surface area (Å²) in [5, 5.41) is 0. The van der Waals surface area contributed by atoms with Gasteiger partial charge in [-0.25, -0.2) is 0 Å². The van der Waals surface area contributed by atoms with Gasteiger partial charge >= 0.3 is 0 Å². The number of carbonyl (C=O) groups excluding carboxylic acids is 1. The summed E-state index contributed by atoms with van der Waals surface area (Å²) >= 11 is 0. The zero-order chi connectivity index (χ0) is 11.9. The largest absolute Gasteiger partial charge is 0.294 e. The Labute approximate surface area is 98.6 Å². The van der Waals surface area contributed by atoms with Crippen LogP contribution >= 0.6 is 0 Å². The van der Waals surface area contributed by atoms with E-state index in [-0.39, 0.29) is 11.3 Å². The SMILES string of the molecule is C=C(C)C(=O)[C@@H]1CCC2=CCC[C@@H](C)[C@@]21C. The Morgan fingerprint density at radius 1 is 1.50 bits per heavy atom. The molecule has 0 aliphatic heterocycles. The number of hydrogen-bond donors (Lipinski definition) is 0. The summed E-state index contributed by atoms with van der Waals surface area (Å²) in [6, 6.07) is 0. The van der Waals surface area contributed by atoms with E-state index in [0.29, 0.717) is 11.7 Å². The van der Waals surface area contributed by atoms with Crippen molar-refractivity contribution in [1.29, 1.82) is 0 Å². The molecule has 0 amide bonds. The third kappa shape index (κ3) is 1.49. The summed E-state index contributed by atoms with van der Waals surface area (Å²) in [5.74, 6) is 1.11. The second-order valence-electron chi connectivity index (χ2n) is 5.73. The molecule has 0 aromatic heterocycles. The van der Waals surface area contributed by atoms with Gasteiger partial charge in [-0.3, -0.25) is 4.79 Å². The van der Waals surface area contributed by atoms with Crippen LogP contribution in [0.5, 0.6) is 0 Å². The fourth-order valence-electron chi connectivity index (χ4n) is 3.58. The first kappa shape index (κ1) is 11.6. The van der Waals surface area contributed by atoms with Gasteiger partial charge in [0.05, 0.1) is 0 Å². The van der Waals surface area contributed by atoms with Crippen molar-refractivity contribution in [3.63, 3.8) is 0 Å². The topological polar surface area (TPSA) is 17.1 Å². The van der Waals surface area contributed by atoms with Crippen LogP contribution in [0.15, 0.2) is 23.8 Å². The van der Waals surface area contributed by atoms with Gasteiger partial charge in [-0.1, -0.05) is 32.1 Å². The van der Waals surface area contributed by atoms with Crippen LogP contribution in [0, 0.1) is 17.3 Å². The van der Waals surface area contributed by atoms with Crippen molar-refractivity contribution < 1.29 is 4.79 Å². The summed E-state index contributed by atoms with van der Waals surface area (Å²) in [6.07, 6.45) is 6.94. The number of fused-ring (bicyclic) bond motifs is 1.